The highest BCUT2D eigenvalue weighted by Crippen LogP contribution is 2.28. The van der Waals surface area contributed by atoms with Gasteiger partial charge in [0.05, 0.1) is 13.7 Å². The van der Waals surface area contributed by atoms with Crippen LogP contribution in [0, 0.1) is 0 Å². The van der Waals surface area contributed by atoms with Crippen molar-refractivity contribution in [1.82, 2.24) is 5.32 Å². The lowest BCUT2D eigenvalue weighted by molar-refractivity contribution is -0.146. The smallest absolute Gasteiger partial charge is 0.328 e. The van der Waals surface area contributed by atoms with E-state index >= 15 is 0 Å². The lowest BCUT2D eigenvalue weighted by Gasteiger charge is -2.16. The van der Waals surface area contributed by atoms with E-state index in [0.717, 1.165) is 11.1 Å². The summed E-state index contributed by atoms with van der Waals surface area (Å²) < 4.78 is 15.9. The SMILES string of the molecule is C=CCOc1ccc(/C=C\C(=O)N[C@@H](Cc2ccccc2)C(=O)OCC)cc1OC. The fourth-order valence-electron chi connectivity index (χ4n) is 2.73. The molecule has 158 valence electrons. The van der Waals surface area contributed by atoms with Crippen molar-refractivity contribution in [3.63, 3.8) is 0 Å². The van der Waals surface area contributed by atoms with Crippen LogP contribution >= 0.6 is 0 Å². The molecule has 1 N–H and O–H groups in total. The second-order valence-corrected chi connectivity index (χ2v) is 6.35. The van der Waals surface area contributed by atoms with Crippen LogP contribution in [0.15, 0.2) is 67.3 Å². The lowest BCUT2D eigenvalue weighted by Crippen LogP contribution is -2.42. The molecule has 0 aliphatic carbocycles. The van der Waals surface area contributed by atoms with Gasteiger partial charge in [-0.3, -0.25) is 4.79 Å². The monoisotopic (exact) mass is 409 g/mol. The van der Waals surface area contributed by atoms with Gasteiger partial charge in [-0.25, -0.2) is 4.79 Å². The van der Waals surface area contributed by atoms with Crippen LogP contribution in [0.25, 0.3) is 6.08 Å². The van der Waals surface area contributed by atoms with Gasteiger partial charge in [0, 0.05) is 12.5 Å². The molecule has 6 heteroatoms. The average Bonchev–Trinajstić information content (AvgIpc) is 2.77. The molecule has 6 nitrogen and oxygen atoms in total. The van der Waals surface area contributed by atoms with Gasteiger partial charge < -0.3 is 19.5 Å². The molecule has 0 bridgehead atoms. The first-order valence-corrected chi connectivity index (χ1v) is 9.68. The third-order valence-corrected chi connectivity index (χ3v) is 4.14. The Bertz CT molecular complexity index is 876. The second-order valence-electron chi connectivity index (χ2n) is 6.35. The van der Waals surface area contributed by atoms with E-state index < -0.39 is 17.9 Å². The topological polar surface area (TPSA) is 73.9 Å². The van der Waals surface area contributed by atoms with Crippen molar-refractivity contribution < 1.29 is 23.8 Å². The molecular weight excluding hydrogens is 382 g/mol. The van der Waals surface area contributed by atoms with Crippen LogP contribution in [0.1, 0.15) is 18.1 Å². The molecule has 0 heterocycles. The zero-order valence-corrected chi connectivity index (χ0v) is 17.3. The molecule has 0 spiro atoms. The van der Waals surface area contributed by atoms with E-state index in [2.05, 4.69) is 11.9 Å². The minimum Gasteiger partial charge on any atom is -0.493 e. The minimum absolute atomic E-state index is 0.246. The lowest BCUT2D eigenvalue weighted by atomic mass is 10.1. The van der Waals surface area contributed by atoms with Crippen LogP contribution < -0.4 is 14.8 Å². The van der Waals surface area contributed by atoms with Crippen LogP contribution in [-0.2, 0) is 20.7 Å². The summed E-state index contributed by atoms with van der Waals surface area (Å²) in [5.41, 5.74) is 1.68. The van der Waals surface area contributed by atoms with Gasteiger partial charge in [-0.1, -0.05) is 49.1 Å². The average molecular weight is 409 g/mol. The molecule has 0 radical (unpaired) electrons. The van der Waals surface area contributed by atoms with Gasteiger partial charge in [0.25, 0.3) is 0 Å². The summed E-state index contributed by atoms with van der Waals surface area (Å²) in [4.78, 5) is 24.7. The largest absolute Gasteiger partial charge is 0.493 e. The van der Waals surface area contributed by atoms with Crippen LogP contribution in [0.3, 0.4) is 0 Å². The Balaban J connectivity index is 2.07. The third kappa shape index (κ3) is 7.13. The molecule has 0 unspecified atom stereocenters. The van der Waals surface area contributed by atoms with E-state index in [4.69, 9.17) is 14.2 Å². The summed E-state index contributed by atoms with van der Waals surface area (Å²) in [6.07, 6.45) is 5.01. The number of esters is 1. The molecule has 30 heavy (non-hydrogen) atoms. The van der Waals surface area contributed by atoms with Crippen molar-refractivity contribution in [3.05, 3.63) is 78.4 Å². The maximum absolute atomic E-state index is 12.4. The van der Waals surface area contributed by atoms with E-state index in [-0.39, 0.29) is 6.61 Å². The van der Waals surface area contributed by atoms with Crippen LogP contribution in [-0.4, -0.2) is 38.2 Å². The van der Waals surface area contributed by atoms with Crippen molar-refractivity contribution in [2.75, 3.05) is 20.3 Å². The van der Waals surface area contributed by atoms with Gasteiger partial charge in [0.1, 0.15) is 12.6 Å². The highest BCUT2D eigenvalue weighted by molar-refractivity contribution is 5.94. The molecule has 2 aromatic carbocycles. The zero-order valence-electron chi connectivity index (χ0n) is 17.3. The first-order chi connectivity index (χ1) is 14.6. The Labute approximate surface area is 177 Å². The van der Waals surface area contributed by atoms with E-state index in [1.165, 1.54) is 6.08 Å². The maximum atomic E-state index is 12.4. The number of ether oxygens (including phenoxy) is 3. The Morgan fingerprint density at radius 1 is 1.13 bits per heavy atom. The molecule has 0 aromatic heterocycles. The van der Waals surface area contributed by atoms with Gasteiger partial charge in [-0.15, -0.1) is 0 Å². The van der Waals surface area contributed by atoms with Gasteiger partial charge in [-0.2, -0.15) is 0 Å². The van der Waals surface area contributed by atoms with Crippen LogP contribution in [0.2, 0.25) is 0 Å². The Kier molecular flexibility index (Phi) is 9.18. The summed E-state index contributed by atoms with van der Waals surface area (Å²) in [6.45, 7) is 5.96. The van der Waals surface area contributed by atoms with E-state index in [0.29, 0.717) is 24.5 Å². The third-order valence-electron chi connectivity index (χ3n) is 4.14. The Morgan fingerprint density at radius 2 is 1.90 bits per heavy atom. The maximum Gasteiger partial charge on any atom is 0.328 e. The first kappa shape index (κ1) is 22.7. The van der Waals surface area contributed by atoms with Gasteiger partial charge in [0.2, 0.25) is 5.91 Å². The van der Waals surface area contributed by atoms with Gasteiger partial charge in [-0.05, 0) is 36.3 Å². The molecule has 1 atom stereocenters. The Morgan fingerprint density at radius 3 is 2.57 bits per heavy atom. The minimum atomic E-state index is -0.770. The number of methoxy groups -OCH3 is 1. The number of carbonyl (C=O) groups is 2. The molecule has 0 saturated heterocycles. The van der Waals surface area contributed by atoms with Crippen molar-refractivity contribution in [1.29, 1.82) is 0 Å². The molecular formula is C24H27NO5. The van der Waals surface area contributed by atoms with Gasteiger partial charge in [0.15, 0.2) is 11.5 Å². The second kappa shape index (κ2) is 12.1. The fourth-order valence-corrected chi connectivity index (χ4v) is 2.73. The predicted molar refractivity (Wildman–Crippen MR) is 116 cm³/mol. The Hall–Kier alpha value is -3.54. The van der Waals surface area contributed by atoms with Crippen LogP contribution in [0.5, 0.6) is 11.5 Å². The number of rotatable bonds is 11. The predicted octanol–water partition coefficient (Wildman–Crippen LogP) is 3.56. The van der Waals surface area contributed by atoms with Crippen molar-refractivity contribution in [2.24, 2.45) is 0 Å². The quantitative estimate of drug-likeness (QED) is 0.349. The zero-order chi connectivity index (χ0) is 21.8. The molecule has 2 aromatic rings. The highest BCUT2D eigenvalue weighted by Gasteiger charge is 2.21. The number of carbonyl (C=O) groups excluding carboxylic acids is 2. The molecule has 0 aliphatic heterocycles. The summed E-state index contributed by atoms with van der Waals surface area (Å²) in [5, 5.41) is 2.72. The number of benzene rings is 2. The summed E-state index contributed by atoms with van der Waals surface area (Å²) >= 11 is 0. The summed E-state index contributed by atoms with van der Waals surface area (Å²) in [6, 6.07) is 14.0. The number of nitrogens with one attached hydrogen (secondary N) is 1. The van der Waals surface area contributed by atoms with E-state index in [1.54, 1.807) is 44.4 Å². The summed E-state index contributed by atoms with van der Waals surface area (Å²) in [5.74, 6) is 0.278. The normalized spacial score (nSPS) is 11.5. The number of hydrogen-bond acceptors (Lipinski definition) is 5. The number of hydrogen-bond donors (Lipinski definition) is 1. The fraction of sp³-hybridized carbons (Fsp3) is 0.250. The molecule has 2 rings (SSSR count). The first-order valence-electron chi connectivity index (χ1n) is 9.68. The molecule has 0 aliphatic rings. The summed E-state index contributed by atoms with van der Waals surface area (Å²) in [7, 11) is 1.55. The van der Waals surface area contributed by atoms with Crippen molar-refractivity contribution in [3.8, 4) is 11.5 Å². The standard InChI is InChI=1S/C24H27NO5/c1-4-15-30-21-13-11-19(17-22(21)28-3)12-14-23(26)25-20(24(27)29-5-2)16-18-9-7-6-8-10-18/h4,6-14,17,20H,1,5,15-16H2,2-3H3,(H,25,26)/b14-12-/t20-/m0/s1. The van der Waals surface area contributed by atoms with Crippen molar-refractivity contribution >= 4 is 18.0 Å². The molecule has 1 amide bonds. The van der Waals surface area contributed by atoms with E-state index in [9.17, 15) is 9.59 Å². The molecule has 0 fully saturated rings. The number of amides is 1. The highest BCUT2D eigenvalue weighted by atomic mass is 16.5. The van der Waals surface area contributed by atoms with Crippen molar-refractivity contribution in [2.45, 2.75) is 19.4 Å². The van der Waals surface area contributed by atoms with Crippen LogP contribution in [0.4, 0.5) is 0 Å². The molecule has 0 saturated carbocycles. The van der Waals surface area contributed by atoms with Gasteiger partial charge >= 0.3 is 5.97 Å². The van der Waals surface area contributed by atoms with E-state index in [1.807, 2.05) is 30.3 Å².